The van der Waals surface area contributed by atoms with Crippen molar-refractivity contribution in [3.63, 3.8) is 0 Å². The molecule has 0 aromatic heterocycles. The summed E-state index contributed by atoms with van der Waals surface area (Å²) >= 11 is 0. The normalized spacial score (nSPS) is 15.8. The van der Waals surface area contributed by atoms with Crippen molar-refractivity contribution in [2.24, 2.45) is 42.3 Å². The minimum atomic E-state index is -0.833. The van der Waals surface area contributed by atoms with Gasteiger partial charge in [-0.25, -0.2) is 9.98 Å². The van der Waals surface area contributed by atoms with Crippen LogP contribution in [-0.4, -0.2) is 64.7 Å². The maximum absolute atomic E-state index is 9.00. The lowest BCUT2D eigenvalue weighted by Crippen LogP contribution is -2.62. The van der Waals surface area contributed by atoms with E-state index in [1.54, 1.807) is 0 Å². The van der Waals surface area contributed by atoms with Gasteiger partial charge in [-0.2, -0.15) is 0 Å². The summed E-state index contributed by atoms with van der Waals surface area (Å²) in [6, 6.07) is 0. The quantitative estimate of drug-likeness (QED) is 0.0465. The molecular formula is C39H83ClN10O2. The van der Waals surface area contributed by atoms with Crippen LogP contribution in [0.15, 0.2) is 20.0 Å². The zero-order chi connectivity index (χ0) is 39.9. The van der Waals surface area contributed by atoms with Crippen molar-refractivity contribution in [3.05, 3.63) is 0 Å². The van der Waals surface area contributed by atoms with E-state index in [0.29, 0.717) is 11.9 Å². The van der Waals surface area contributed by atoms with Crippen molar-refractivity contribution in [2.45, 2.75) is 198 Å². The molecule has 52 heavy (non-hydrogen) atoms. The molecule has 0 fully saturated rings. The molecule has 0 aromatic carbocycles. The first-order valence-electron chi connectivity index (χ1n) is 19.3. The lowest BCUT2D eigenvalue weighted by atomic mass is 9.82. The van der Waals surface area contributed by atoms with E-state index in [-0.39, 0.29) is 40.0 Å². The third kappa shape index (κ3) is 35.6. The molecule has 0 radical (unpaired) electrons. The van der Waals surface area contributed by atoms with Gasteiger partial charge in [-0.05, 0) is 78.1 Å². The Morgan fingerprint density at radius 1 is 0.788 bits per heavy atom. The molecule has 0 saturated carbocycles. The summed E-state index contributed by atoms with van der Waals surface area (Å²) in [5.74, 6) is 1.48. The smallest absolute Gasteiger partial charge is 0.300 e. The third-order valence-electron chi connectivity index (χ3n) is 7.20. The molecule has 1 rings (SSSR count). The number of halogens is 1. The molecule has 308 valence electrons. The SMILES string of the molecule is CC(=O)O.CCCCCCCN=C(N)NC(N)=NC(C)(C)CC(C)(C)C.CCCCCCCN=C1NC(NC(C)(C)CC(C)(C)C)=NC(C)(C)N1.Cl. The molecule has 12 nitrogen and oxygen atoms in total. The predicted octanol–water partition coefficient (Wildman–Crippen LogP) is 8.31. The second kappa shape index (κ2) is 26.1. The molecule has 0 bridgehead atoms. The zero-order valence-corrected chi connectivity index (χ0v) is 36.9. The molecule has 13 heteroatoms. The highest BCUT2D eigenvalue weighted by Crippen LogP contribution is 2.29. The second-order valence-electron chi connectivity index (χ2n) is 18.0. The lowest BCUT2D eigenvalue weighted by Gasteiger charge is -2.38. The van der Waals surface area contributed by atoms with Crippen LogP contribution in [0, 0.1) is 10.8 Å². The van der Waals surface area contributed by atoms with Gasteiger partial charge < -0.3 is 27.2 Å². The fraction of sp³-hybridized carbons (Fsp3) is 0.872. The maximum atomic E-state index is 9.00. The van der Waals surface area contributed by atoms with Crippen LogP contribution in [0.2, 0.25) is 0 Å². The molecule has 0 aliphatic carbocycles. The number of unbranched alkanes of at least 4 members (excludes halogenated alkanes) is 8. The molecule has 0 aromatic rings. The van der Waals surface area contributed by atoms with E-state index in [0.717, 1.165) is 57.6 Å². The highest BCUT2D eigenvalue weighted by molar-refractivity contribution is 6.01. The summed E-state index contributed by atoms with van der Waals surface area (Å²) in [4.78, 5) is 27.3. The number of nitrogens with zero attached hydrogens (tertiary/aromatic N) is 4. The number of guanidine groups is 4. The van der Waals surface area contributed by atoms with Crippen LogP contribution in [0.4, 0.5) is 0 Å². The van der Waals surface area contributed by atoms with Gasteiger partial charge in [0.15, 0.2) is 17.9 Å². The summed E-state index contributed by atoms with van der Waals surface area (Å²) in [6.07, 6.45) is 14.4. The fourth-order valence-corrected chi connectivity index (χ4v) is 6.28. The predicted molar refractivity (Wildman–Crippen MR) is 229 cm³/mol. The van der Waals surface area contributed by atoms with Gasteiger partial charge in [-0.3, -0.25) is 25.4 Å². The van der Waals surface area contributed by atoms with E-state index in [9.17, 15) is 0 Å². The van der Waals surface area contributed by atoms with Crippen molar-refractivity contribution in [2.75, 3.05) is 13.1 Å². The van der Waals surface area contributed by atoms with E-state index in [2.05, 4.69) is 128 Å². The van der Waals surface area contributed by atoms with Crippen molar-refractivity contribution < 1.29 is 9.90 Å². The number of hydrogen-bond donors (Lipinski definition) is 7. The summed E-state index contributed by atoms with van der Waals surface area (Å²) in [6.45, 7) is 33.3. The molecule has 9 N–H and O–H groups in total. The van der Waals surface area contributed by atoms with Crippen LogP contribution < -0.4 is 32.7 Å². The van der Waals surface area contributed by atoms with Gasteiger partial charge >= 0.3 is 0 Å². The minimum absolute atomic E-state index is 0. The number of rotatable bonds is 16. The van der Waals surface area contributed by atoms with Gasteiger partial charge in [-0.1, -0.05) is 107 Å². The van der Waals surface area contributed by atoms with Crippen molar-refractivity contribution in [1.29, 1.82) is 0 Å². The molecule has 0 amide bonds. The molecule has 0 saturated heterocycles. The standard InChI is InChI=1S/C20H41N5.C17H37N5.C2H4O2.ClH/c1-9-10-11-12-13-14-21-16-22-17(25-20(7,8)24-16)23-19(5,6)15-18(2,3)4;1-7-8-9-10-11-12-20-14(18)21-15(19)22-17(5,6)13-16(2,3)4;1-2(3)4;/h9-15H2,1-8H3,(H3,21,22,23,24,25);7-13H2,1-6H3,(H5,18,19,20,21,22);1H3,(H,3,4);1H. The van der Waals surface area contributed by atoms with Crippen molar-refractivity contribution in [1.82, 2.24) is 21.3 Å². The van der Waals surface area contributed by atoms with Gasteiger partial charge in [0.05, 0.1) is 5.54 Å². The van der Waals surface area contributed by atoms with Crippen molar-refractivity contribution in [3.8, 4) is 0 Å². The third-order valence-corrected chi connectivity index (χ3v) is 7.20. The largest absolute Gasteiger partial charge is 0.481 e. The molecule has 0 atom stereocenters. The van der Waals surface area contributed by atoms with E-state index in [1.165, 1.54) is 51.4 Å². The van der Waals surface area contributed by atoms with Crippen LogP contribution in [0.25, 0.3) is 0 Å². The van der Waals surface area contributed by atoms with Crippen LogP contribution in [0.1, 0.15) is 181 Å². The Labute approximate surface area is 325 Å². The van der Waals surface area contributed by atoms with Gasteiger partial charge in [0.2, 0.25) is 5.96 Å². The van der Waals surface area contributed by atoms with E-state index >= 15 is 0 Å². The summed E-state index contributed by atoms with van der Waals surface area (Å²) in [5.41, 5.74) is 11.6. The highest BCUT2D eigenvalue weighted by atomic mass is 35.5. The number of hydrogen-bond acceptors (Lipinski definition) is 6. The number of carboxylic acids is 1. The number of carbonyl (C=O) groups is 1. The number of aliphatic carboxylic acids is 1. The maximum Gasteiger partial charge on any atom is 0.300 e. The summed E-state index contributed by atoms with van der Waals surface area (Å²) in [5, 5.41) is 20.6. The number of nitrogens with one attached hydrogen (secondary N) is 4. The monoisotopic (exact) mass is 759 g/mol. The average molecular weight is 760 g/mol. The first kappa shape index (κ1) is 53.6. The molecular weight excluding hydrogens is 676 g/mol. The highest BCUT2D eigenvalue weighted by Gasteiger charge is 2.31. The van der Waals surface area contributed by atoms with Gasteiger partial charge in [0.25, 0.3) is 5.97 Å². The number of carboxylic acid groups (broad SMARTS) is 1. The Morgan fingerprint density at radius 2 is 1.25 bits per heavy atom. The van der Waals surface area contributed by atoms with E-state index in [1.807, 2.05) is 0 Å². The molecule has 0 spiro atoms. The average Bonchev–Trinajstić information content (AvgIpc) is 2.88. The summed E-state index contributed by atoms with van der Waals surface area (Å²) in [7, 11) is 0. The lowest BCUT2D eigenvalue weighted by molar-refractivity contribution is -0.134. The number of aliphatic imine (C=N–C) groups is 4. The van der Waals surface area contributed by atoms with Crippen molar-refractivity contribution >= 4 is 42.2 Å². The van der Waals surface area contributed by atoms with Crippen LogP contribution >= 0.6 is 12.4 Å². The molecule has 1 aliphatic heterocycles. The second-order valence-corrected chi connectivity index (χ2v) is 18.0. The van der Waals surface area contributed by atoms with E-state index in [4.69, 9.17) is 31.4 Å². The van der Waals surface area contributed by atoms with Crippen LogP contribution in [0.5, 0.6) is 0 Å². The van der Waals surface area contributed by atoms with Crippen LogP contribution in [0.3, 0.4) is 0 Å². The topological polar surface area (TPSA) is 187 Å². The summed E-state index contributed by atoms with van der Waals surface area (Å²) < 4.78 is 0. The van der Waals surface area contributed by atoms with Gasteiger partial charge in [-0.15, -0.1) is 12.4 Å². The Kier molecular flexibility index (Phi) is 26.9. The van der Waals surface area contributed by atoms with Gasteiger partial charge in [0.1, 0.15) is 5.66 Å². The Balaban J connectivity index is -0.000000827. The zero-order valence-electron chi connectivity index (χ0n) is 36.1. The molecule has 1 heterocycles. The van der Waals surface area contributed by atoms with E-state index < -0.39 is 5.97 Å². The first-order chi connectivity index (χ1) is 23.2. The molecule has 0 unspecified atom stereocenters. The Bertz CT molecular complexity index is 1100. The van der Waals surface area contributed by atoms with Gasteiger partial charge in [0, 0.05) is 25.6 Å². The Hall–Kier alpha value is -2.76. The number of nitrogens with two attached hydrogens (primary N) is 2. The Morgan fingerprint density at radius 3 is 1.71 bits per heavy atom. The van der Waals surface area contributed by atoms with Crippen LogP contribution in [-0.2, 0) is 4.79 Å². The molecule has 1 aliphatic rings. The minimum Gasteiger partial charge on any atom is -0.481 e. The fourth-order valence-electron chi connectivity index (χ4n) is 6.28. The first-order valence-corrected chi connectivity index (χ1v) is 19.3.